The van der Waals surface area contributed by atoms with E-state index in [1.54, 1.807) is 0 Å². The summed E-state index contributed by atoms with van der Waals surface area (Å²) in [5.41, 5.74) is 1.80. The number of halogens is 1. The predicted molar refractivity (Wildman–Crippen MR) is 72.4 cm³/mol. The van der Waals surface area contributed by atoms with Gasteiger partial charge >= 0.3 is 5.97 Å². The third kappa shape index (κ3) is 3.09. The summed E-state index contributed by atoms with van der Waals surface area (Å²) in [6.45, 7) is 1.84. The maximum absolute atomic E-state index is 10.7. The van der Waals surface area contributed by atoms with Gasteiger partial charge in [0.1, 0.15) is 0 Å². The van der Waals surface area contributed by atoms with E-state index in [9.17, 15) is 4.79 Å². The van der Waals surface area contributed by atoms with Crippen molar-refractivity contribution in [2.45, 2.75) is 19.8 Å². The van der Waals surface area contributed by atoms with E-state index in [-0.39, 0.29) is 6.42 Å². The molecule has 0 aliphatic heterocycles. The second kappa shape index (κ2) is 5.50. The molecule has 1 aromatic carbocycles. The van der Waals surface area contributed by atoms with Crippen molar-refractivity contribution < 1.29 is 9.90 Å². The zero-order valence-corrected chi connectivity index (χ0v) is 11.4. The minimum absolute atomic E-state index is 0.0338. The lowest BCUT2D eigenvalue weighted by atomic mass is 10.1. The molecule has 0 unspecified atom stereocenters. The van der Waals surface area contributed by atoms with Gasteiger partial charge in [0.2, 0.25) is 0 Å². The second-order valence-corrected chi connectivity index (χ2v) is 5.53. The zero-order valence-electron chi connectivity index (χ0n) is 9.81. The Morgan fingerprint density at radius 2 is 2.17 bits per heavy atom. The highest BCUT2D eigenvalue weighted by molar-refractivity contribution is 7.11. The number of rotatable bonds is 4. The monoisotopic (exact) mass is 281 g/mol. The summed E-state index contributed by atoms with van der Waals surface area (Å²) in [6.07, 6.45) is 0.677. The molecule has 3 nitrogen and oxygen atoms in total. The van der Waals surface area contributed by atoms with E-state index in [1.165, 1.54) is 11.3 Å². The van der Waals surface area contributed by atoms with Crippen LogP contribution in [0.15, 0.2) is 24.3 Å². The highest BCUT2D eigenvalue weighted by Crippen LogP contribution is 2.24. The number of aliphatic carboxylic acids is 1. The van der Waals surface area contributed by atoms with Crippen molar-refractivity contribution in [3.63, 3.8) is 0 Å². The lowest BCUT2D eigenvalue weighted by Crippen LogP contribution is -1.99. The Hall–Kier alpha value is -1.39. The normalized spacial score (nSPS) is 10.6. The topological polar surface area (TPSA) is 50.2 Å². The van der Waals surface area contributed by atoms with Crippen LogP contribution in [0.25, 0.3) is 0 Å². The number of nitrogens with zero attached hydrogens (tertiary/aromatic N) is 1. The van der Waals surface area contributed by atoms with Crippen LogP contribution in [0.2, 0.25) is 5.02 Å². The summed E-state index contributed by atoms with van der Waals surface area (Å²) < 4.78 is 0. The summed E-state index contributed by atoms with van der Waals surface area (Å²) >= 11 is 7.53. The number of benzene rings is 1. The van der Waals surface area contributed by atoms with E-state index < -0.39 is 5.97 Å². The minimum Gasteiger partial charge on any atom is -0.481 e. The van der Waals surface area contributed by atoms with E-state index in [1.807, 2.05) is 31.2 Å². The van der Waals surface area contributed by atoms with Gasteiger partial charge in [-0.2, -0.15) is 0 Å². The van der Waals surface area contributed by atoms with Gasteiger partial charge in [0, 0.05) is 16.3 Å². The van der Waals surface area contributed by atoms with E-state index in [0.29, 0.717) is 11.4 Å². The average Bonchev–Trinajstić information content (AvgIpc) is 2.62. The molecule has 94 valence electrons. The molecule has 0 saturated heterocycles. The fourth-order valence-corrected chi connectivity index (χ4v) is 2.96. The van der Waals surface area contributed by atoms with Gasteiger partial charge in [0.15, 0.2) is 0 Å². The number of carbonyl (C=O) groups is 1. The molecule has 0 aliphatic rings. The van der Waals surface area contributed by atoms with Crippen molar-refractivity contribution >= 4 is 28.9 Å². The lowest BCUT2D eigenvalue weighted by molar-refractivity contribution is -0.136. The van der Waals surface area contributed by atoms with Crippen molar-refractivity contribution in [1.82, 2.24) is 4.98 Å². The SMILES string of the molecule is Cc1nc(Cc2ccccc2Cl)sc1CC(=O)O. The summed E-state index contributed by atoms with van der Waals surface area (Å²) in [7, 11) is 0. The molecule has 0 amide bonds. The molecule has 2 rings (SSSR count). The van der Waals surface area contributed by atoms with Crippen LogP contribution in [-0.4, -0.2) is 16.1 Å². The zero-order chi connectivity index (χ0) is 13.1. The van der Waals surface area contributed by atoms with Crippen LogP contribution in [0, 0.1) is 6.92 Å². The molecule has 2 aromatic rings. The molecule has 0 spiro atoms. The second-order valence-electron chi connectivity index (χ2n) is 3.95. The standard InChI is InChI=1S/C13H12ClNO2S/c1-8-11(7-13(16)17)18-12(15-8)6-9-4-2-3-5-10(9)14/h2-5H,6-7H2,1H3,(H,16,17). The number of carboxylic acids is 1. The molecular formula is C13H12ClNO2S. The van der Waals surface area contributed by atoms with Crippen LogP contribution < -0.4 is 0 Å². The Morgan fingerprint density at radius 1 is 1.44 bits per heavy atom. The largest absolute Gasteiger partial charge is 0.481 e. The fourth-order valence-electron chi connectivity index (χ4n) is 1.67. The van der Waals surface area contributed by atoms with Crippen molar-refractivity contribution in [3.05, 3.63) is 50.4 Å². The first-order valence-electron chi connectivity index (χ1n) is 5.46. The van der Waals surface area contributed by atoms with Gasteiger partial charge < -0.3 is 5.11 Å². The Balaban J connectivity index is 2.20. The van der Waals surface area contributed by atoms with E-state index in [4.69, 9.17) is 16.7 Å². The Kier molecular flexibility index (Phi) is 3.99. The summed E-state index contributed by atoms with van der Waals surface area (Å²) in [5, 5.41) is 10.4. The van der Waals surface area contributed by atoms with Gasteiger partial charge in [-0.3, -0.25) is 4.79 Å². The molecule has 0 radical (unpaired) electrons. The van der Waals surface area contributed by atoms with Crippen LogP contribution in [0.4, 0.5) is 0 Å². The third-order valence-electron chi connectivity index (χ3n) is 2.55. The quantitative estimate of drug-likeness (QED) is 0.935. The molecule has 1 aromatic heterocycles. The molecule has 0 saturated carbocycles. The number of hydrogen-bond donors (Lipinski definition) is 1. The molecule has 0 bridgehead atoms. The molecule has 1 heterocycles. The van der Waals surface area contributed by atoms with Gasteiger partial charge in [0.05, 0.1) is 17.1 Å². The van der Waals surface area contributed by atoms with E-state index in [0.717, 1.165) is 21.1 Å². The van der Waals surface area contributed by atoms with Gasteiger partial charge in [-0.15, -0.1) is 11.3 Å². The summed E-state index contributed by atoms with van der Waals surface area (Å²) in [4.78, 5) is 15.9. The predicted octanol–water partition coefficient (Wildman–Crippen LogP) is 3.32. The van der Waals surface area contributed by atoms with Crippen LogP contribution >= 0.6 is 22.9 Å². The van der Waals surface area contributed by atoms with Crippen molar-refractivity contribution in [3.8, 4) is 0 Å². The summed E-state index contributed by atoms with van der Waals surface area (Å²) in [6, 6.07) is 7.61. The van der Waals surface area contributed by atoms with Gasteiger partial charge in [0.25, 0.3) is 0 Å². The van der Waals surface area contributed by atoms with Crippen molar-refractivity contribution in [2.75, 3.05) is 0 Å². The van der Waals surface area contributed by atoms with Gasteiger partial charge in [-0.05, 0) is 18.6 Å². The highest BCUT2D eigenvalue weighted by atomic mass is 35.5. The molecule has 0 aliphatic carbocycles. The number of aryl methyl sites for hydroxylation is 1. The number of carboxylic acid groups (broad SMARTS) is 1. The van der Waals surface area contributed by atoms with Gasteiger partial charge in [-0.1, -0.05) is 29.8 Å². The Bertz CT molecular complexity index is 580. The van der Waals surface area contributed by atoms with Crippen LogP contribution in [0.5, 0.6) is 0 Å². The maximum atomic E-state index is 10.7. The number of thiazole rings is 1. The van der Waals surface area contributed by atoms with Crippen molar-refractivity contribution in [1.29, 1.82) is 0 Å². The fraction of sp³-hybridized carbons (Fsp3) is 0.231. The average molecular weight is 282 g/mol. The Labute approximate surface area is 114 Å². The van der Waals surface area contributed by atoms with Crippen LogP contribution in [0.3, 0.4) is 0 Å². The first-order valence-corrected chi connectivity index (χ1v) is 6.66. The van der Waals surface area contributed by atoms with Gasteiger partial charge in [-0.25, -0.2) is 4.98 Å². The van der Waals surface area contributed by atoms with E-state index in [2.05, 4.69) is 4.98 Å². The molecule has 0 atom stereocenters. The lowest BCUT2D eigenvalue weighted by Gasteiger charge is -2.00. The maximum Gasteiger partial charge on any atom is 0.308 e. The summed E-state index contributed by atoms with van der Waals surface area (Å²) in [5.74, 6) is -0.828. The molecule has 0 fully saturated rings. The van der Waals surface area contributed by atoms with Crippen molar-refractivity contribution in [2.24, 2.45) is 0 Å². The first kappa shape index (κ1) is 13.1. The highest BCUT2D eigenvalue weighted by Gasteiger charge is 2.12. The smallest absolute Gasteiger partial charge is 0.308 e. The Morgan fingerprint density at radius 3 is 2.83 bits per heavy atom. The molecule has 1 N–H and O–H groups in total. The van der Waals surface area contributed by atoms with Crippen LogP contribution in [-0.2, 0) is 17.6 Å². The molecule has 18 heavy (non-hydrogen) atoms. The number of hydrogen-bond acceptors (Lipinski definition) is 3. The number of aromatic nitrogens is 1. The minimum atomic E-state index is -0.828. The third-order valence-corrected chi connectivity index (χ3v) is 4.07. The van der Waals surface area contributed by atoms with E-state index >= 15 is 0 Å². The molecule has 5 heteroatoms. The first-order chi connectivity index (χ1) is 8.56. The molecular weight excluding hydrogens is 270 g/mol. The van der Waals surface area contributed by atoms with Crippen LogP contribution in [0.1, 0.15) is 21.1 Å².